The highest BCUT2D eigenvalue weighted by Gasteiger charge is 2.62. The zero-order valence-corrected chi connectivity index (χ0v) is 11.9. The normalized spacial score (nSPS) is 44.5. The molecule has 1 saturated heterocycles. The van der Waals surface area contributed by atoms with Gasteiger partial charge in [-0.05, 0) is 36.0 Å². The minimum atomic E-state index is -0.193. The van der Waals surface area contributed by atoms with Crippen molar-refractivity contribution >= 4 is 18.7 Å². The van der Waals surface area contributed by atoms with Crippen LogP contribution in [0.2, 0.25) is 0 Å². The first kappa shape index (κ1) is 12.3. The largest absolute Gasteiger partial charge is 0.476 e. The smallest absolute Gasteiger partial charge is 0.405 e. The van der Waals surface area contributed by atoms with Crippen LogP contribution in [0.3, 0.4) is 0 Å². The highest BCUT2D eigenvalue weighted by Crippen LogP contribution is 2.61. The van der Waals surface area contributed by atoms with Gasteiger partial charge >= 0.3 is 7.12 Å². The van der Waals surface area contributed by atoms with Crippen LogP contribution in [0.1, 0.15) is 40.5 Å². The van der Waals surface area contributed by atoms with E-state index < -0.39 is 0 Å². The van der Waals surface area contributed by atoms with Crippen LogP contribution in [-0.4, -0.2) is 24.6 Å². The van der Waals surface area contributed by atoms with Crippen molar-refractivity contribution in [1.29, 1.82) is 0 Å². The molecule has 0 spiro atoms. The molecule has 0 aromatic rings. The molecule has 4 fully saturated rings. The van der Waals surface area contributed by atoms with Gasteiger partial charge in [0.1, 0.15) is 0 Å². The summed E-state index contributed by atoms with van der Waals surface area (Å²) in [7, 11) is -0.193. The van der Waals surface area contributed by atoms with Crippen molar-refractivity contribution in [3.05, 3.63) is 0 Å². The number of alkyl halides is 1. The van der Waals surface area contributed by atoms with Crippen LogP contribution in [0.4, 0.5) is 0 Å². The van der Waals surface area contributed by atoms with E-state index in [1.807, 2.05) is 0 Å². The van der Waals surface area contributed by atoms with E-state index in [1.54, 1.807) is 0 Å². The molecule has 17 heavy (non-hydrogen) atoms. The summed E-state index contributed by atoms with van der Waals surface area (Å²) < 4.78 is 12.1. The van der Waals surface area contributed by atoms with E-state index >= 15 is 0 Å². The van der Waals surface area contributed by atoms with Crippen LogP contribution < -0.4 is 0 Å². The lowest BCUT2D eigenvalue weighted by Crippen LogP contribution is -2.59. The maximum atomic E-state index is 6.37. The Morgan fingerprint density at radius 3 is 2.53 bits per heavy atom. The predicted molar refractivity (Wildman–Crippen MR) is 70.0 cm³/mol. The average molecular weight is 257 g/mol. The summed E-state index contributed by atoms with van der Waals surface area (Å²) in [5.41, 5.74) is 0.444. The number of hydrogen-bond acceptors (Lipinski definition) is 2. The molecule has 0 aromatic carbocycles. The van der Waals surface area contributed by atoms with E-state index in [-0.39, 0.29) is 12.4 Å². The van der Waals surface area contributed by atoms with Gasteiger partial charge in [-0.15, -0.1) is 11.6 Å². The first-order chi connectivity index (χ1) is 7.91. The molecule has 4 aliphatic rings. The second-order valence-electron chi connectivity index (χ2n) is 6.93. The van der Waals surface area contributed by atoms with E-state index in [0.717, 1.165) is 12.3 Å². The molecule has 2 unspecified atom stereocenters. The van der Waals surface area contributed by atoms with Gasteiger partial charge < -0.3 is 9.31 Å². The van der Waals surface area contributed by atoms with Gasteiger partial charge in [0, 0.05) is 0 Å². The number of halogens is 1. The summed E-state index contributed by atoms with van der Waals surface area (Å²) in [6.07, 6.45) is 3.07. The molecule has 0 radical (unpaired) electrons. The number of hydrogen-bond donors (Lipinski definition) is 0. The van der Waals surface area contributed by atoms with Gasteiger partial charge in [-0.2, -0.15) is 0 Å². The van der Waals surface area contributed by atoms with E-state index in [0.29, 0.717) is 29.5 Å². The molecule has 5 atom stereocenters. The molecule has 0 aromatic heterocycles. The fraction of sp³-hybridized carbons (Fsp3) is 1.00. The number of rotatable bonds is 2. The maximum absolute atomic E-state index is 6.37. The Morgan fingerprint density at radius 2 is 1.94 bits per heavy atom. The van der Waals surface area contributed by atoms with Gasteiger partial charge in [0.05, 0.1) is 17.5 Å². The van der Waals surface area contributed by atoms with Crippen LogP contribution >= 0.6 is 11.6 Å². The lowest BCUT2D eigenvalue weighted by molar-refractivity contribution is -0.150. The standard InChI is InChI=1S/C13H22BClO2/c1-7(2)12(15)14-16-10-6-8-5-9(11(10)17-14)13(8,3)4/h7-12H,5-6H2,1-4H3/t8-,9+,10?,11?,12+/m0/s1. The van der Waals surface area contributed by atoms with E-state index in [4.69, 9.17) is 20.9 Å². The molecule has 0 amide bonds. The van der Waals surface area contributed by atoms with Crippen molar-refractivity contribution in [3.63, 3.8) is 0 Å². The molecule has 2 nitrogen and oxygen atoms in total. The molecule has 4 heteroatoms. The van der Waals surface area contributed by atoms with Crippen molar-refractivity contribution in [3.8, 4) is 0 Å². The summed E-state index contributed by atoms with van der Waals surface area (Å²) in [5.74, 6) is 1.89. The Labute approximate surface area is 110 Å². The topological polar surface area (TPSA) is 18.5 Å². The third-order valence-corrected chi connectivity index (χ3v) is 6.03. The van der Waals surface area contributed by atoms with Crippen molar-refractivity contribution < 1.29 is 9.31 Å². The first-order valence-corrected chi connectivity index (χ1v) is 7.30. The summed E-state index contributed by atoms with van der Waals surface area (Å²) in [6.45, 7) is 8.99. The van der Waals surface area contributed by atoms with Gasteiger partial charge in [0.25, 0.3) is 0 Å². The Morgan fingerprint density at radius 1 is 1.24 bits per heavy atom. The highest BCUT2D eigenvalue weighted by atomic mass is 35.5. The molecule has 1 heterocycles. The molecule has 2 bridgehead atoms. The van der Waals surface area contributed by atoms with Crippen molar-refractivity contribution in [2.45, 2.75) is 58.0 Å². The Hall–Kier alpha value is 0.275. The predicted octanol–water partition coefficient (Wildman–Crippen LogP) is 3.13. The van der Waals surface area contributed by atoms with Crippen LogP contribution in [0.25, 0.3) is 0 Å². The zero-order valence-electron chi connectivity index (χ0n) is 11.2. The Kier molecular flexibility index (Phi) is 2.81. The van der Waals surface area contributed by atoms with E-state index in [1.165, 1.54) is 6.42 Å². The van der Waals surface area contributed by atoms with Crippen LogP contribution in [0.15, 0.2) is 0 Å². The summed E-state index contributed by atoms with van der Waals surface area (Å²) in [4.78, 5) is 0. The van der Waals surface area contributed by atoms with Crippen molar-refractivity contribution in [1.82, 2.24) is 0 Å². The quantitative estimate of drug-likeness (QED) is 0.558. The average Bonchev–Trinajstić information content (AvgIpc) is 2.70. The molecular weight excluding hydrogens is 234 g/mol. The van der Waals surface area contributed by atoms with Gasteiger partial charge in [-0.25, -0.2) is 0 Å². The van der Waals surface area contributed by atoms with Crippen LogP contribution in [0, 0.1) is 23.2 Å². The molecule has 4 rings (SSSR count). The minimum Gasteiger partial charge on any atom is -0.405 e. The molecular formula is C13H22BClO2. The van der Waals surface area contributed by atoms with E-state index in [9.17, 15) is 0 Å². The molecule has 3 saturated carbocycles. The molecule has 0 N–H and O–H groups in total. The lowest BCUT2D eigenvalue weighted by atomic mass is 9.47. The Balaban J connectivity index is 1.72. The fourth-order valence-corrected chi connectivity index (χ4v) is 3.95. The van der Waals surface area contributed by atoms with Crippen LogP contribution in [-0.2, 0) is 9.31 Å². The van der Waals surface area contributed by atoms with Gasteiger partial charge in [0.2, 0.25) is 0 Å². The summed E-state index contributed by atoms with van der Waals surface area (Å²) in [5, 5.41) is -0.0269. The molecule has 3 aliphatic carbocycles. The maximum Gasteiger partial charge on any atom is 0.476 e. The Bertz CT molecular complexity index is 321. The van der Waals surface area contributed by atoms with Crippen LogP contribution in [0.5, 0.6) is 0 Å². The summed E-state index contributed by atoms with van der Waals surface area (Å²) >= 11 is 6.37. The fourth-order valence-electron chi connectivity index (χ4n) is 3.83. The molecule has 1 aliphatic heterocycles. The lowest BCUT2D eigenvalue weighted by Gasteiger charge is -2.60. The third-order valence-electron chi connectivity index (χ3n) is 5.32. The van der Waals surface area contributed by atoms with Crippen molar-refractivity contribution in [2.75, 3.05) is 0 Å². The monoisotopic (exact) mass is 256 g/mol. The summed E-state index contributed by atoms with van der Waals surface area (Å²) in [6, 6.07) is 0. The second-order valence-corrected chi connectivity index (χ2v) is 7.43. The SMILES string of the molecule is CC(C)[C@@H](Cl)B1OC2C[C@@H]3C[C@H](C2O1)C3(C)C. The third kappa shape index (κ3) is 1.69. The van der Waals surface area contributed by atoms with Crippen molar-refractivity contribution in [2.24, 2.45) is 23.2 Å². The minimum absolute atomic E-state index is 0.0269. The highest BCUT2D eigenvalue weighted by molar-refractivity contribution is 6.59. The van der Waals surface area contributed by atoms with Gasteiger partial charge in [-0.3, -0.25) is 0 Å². The molecule has 96 valence electrons. The second kappa shape index (κ2) is 3.88. The van der Waals surface area contributed by atoms with E-state index in [2.05, 4.69) is 27.7 Å². The zero-order chi connectivity index (χ0) is 12.4. The van der Waals surface area contributed by atoms with Gasteiger partial charge in [-0.1, -0.05) is 27.7 Å². The first-order valence-electron chi connectivity index (χ1n) is 6.86. The van der Waals surface area contributed by atoms with Gasteiger partial charge in [0.15, 0.2) is 0 Å².